The van der Waals surface area contributed by atoms with Crippen molar-refractivity contribution >= 4 is 17.0 Å². The Bertz CT molecular complexity index is 300. The maximum atomic E-state index is 4.37. The molecule has 0 unspecified atom stereocenters. The van der Waals surface area contributed by atoms with Gasteiger partial charge in [-0.15, -0.1) is 11.3 Å². The molecule has 72 valence electrons. The molecule has 0 spiro atoms. The van der Waals surface area contributed by atoms with Gasteiger partial charge in [-0.1, -0.05) is 19.9 Å². The average Bonchev–Trinajstić information content (AvgIpc) is 2.56. The lowest BCUT2D eigenvalue weighted by atomic mass is 10.2. The molecule has 1 aromatic heterocycles. The van der Waals surface area contributed by atoms with Crippen molar-refractivity contribution in [1.82, 2.24) is 10.3 Å². The van der Waals surface area contributed by atoms with Crippen LogP contribution in [0, 0.1) is 0 Å². The van der Waals surface area contributed by atoms with Crippen LogP contribution in [0.15, 0.2) is 12.3 Å². The molecule has 0 amide bonds. The summed E-state index contributed by atoms with van der Waals surface area (Å²) in [6.07, 6.45) is 4.00. The quantitative estimate of drug-likeness (QED) is 0.804. The molecule has 1 aromatic rings. The van der Waals surface area contributed by atoms with Crippen LogP contribution in [0.5, 0.6) is 0 Å². The summed E-state index contributed by atoms with van der Waals surface area (Å²) in [5.41, 5.74) is 1.16. The Morgan fingerprint density at radius 2 is 2.31 bits per heavy atom. The van der Waals surface area contributed by atoms with E-state index < -0.39 is 0 Å². The van der Waals surface area contributed by atoms with E-state index in [0.29, 0.717) is 5.92 Å². The zero-order valence-electron chi connectivity index (χ0n) is 8.59. The van der Waals surface area contributed by atoms with E-state index in [1.165, 1.54) is 9.88 Å². The zero-order valence-corrected chi connectivity index (χ0v) is 9.40. The minimum atomic E-state index is 0.522. The molecule has 1 rings (SSSR count). The van der Waals surface area contributed by atoms with Crippen molar-refractivity contribution in [3.05, 3.63) is 22.2 Å². The third-order valence-corrected chi connectivity index (χ3v) is 3.17. The number of allylic oxidation sites excluding steroid dienone is 1. The van der Waals surface area contributed by atoms with Crippen LogP contribution in [-0.4, -0.2) is 12.0 Å². The molecule has 0 fully saturated rings. The maximum absolute atomic E-state index is 4.37. The molecule has 0 aliphatic rings. The van der Waals surface area contributed by atoms with E-state index in [1.807, 2.05) is 20.2 Å². The van der Waals surface area contributed by atoms with Crippen LogP contribution in [0.4, 0.5) is 0 Å². The number of nitrogens with one attached hydrogen (secondary N) is 1. The Labute approximate surface area is 83.7 Å². The highest BCUT2D eigenvalue weighted by Crippen LogP contribution is 2.24. The van der Waals surface area contributed by atoms with Crippen LogP contribution in [0.3, 0.4) is 0 Å². The van der Waals surface area contributed by atoms with Gasteiger partial charge in [0.05, 0.1) is 9.88 Å². The lowest BCUT2D eigenvalue weighted by Gasteiger charge is -2.01. The molecule has 0 radical (unpaired) electrons. The highest BCUT2D eigenvalue weighted by Gasteiger charge is 2.07. The van der Waals surface area contributed by atoms with Crippen LogP contribution in [-0.2, 0) is 0 Å². The Kier molecular flexibility index (Phi) is 3.48. The first-order chi connectivity index (χ1) is 6.19. The number of hydrogen-bond donors (Lipinski definition) is 1. The fraction of sp³-hybridized carbons (Fsp3) is 0.500. The predicted octanol–water partition coefficient (Wildman–Crippen LogP) is 2.85. The first kappa shape index (κ1) is 10.3. The molecule has 0 bridgehead atoms. The van der Waals surface area contributed by atoms with Crippen molar-refractivity contribution in [3.63, 3.8) is 0 Å². The molecule has 0 aliphatic heterocycles. The van der Waals surface area contributed by atoms with Gasteiger partial charge in [-0.2, -0.15) is 0 Å². The maximum Gasteiger partial charge on any atom is 0.0957 e. The topological polar surface area (TPSA) is 24.9 Å². The van der Waals surface area contributed by atoms with Gasteiger partial charge in [0.2, 0.25) is 0 Å². The Balaban J connectivity index is 2.91. The molecular weight excluding hydrogens is 180 g/mol. The summed E-state index contributed by atoms with van der Waals surface area (Å²) in [4.78, 5) is 5.59. The second-order valence-electron chi connectivity index (χ2n) is 3.17. The summed E-state index contributed by atoms with van der Waals surface area (Å²) in [6.45, 7) is 6.36. The van der Waals surface area contributed by atoms with Gasteiger partial charge in [-0.05, 0) is 6.92 Å². The second-order valence-corrected chi connectivity index (χ2v) is 4.23. The Morgan fingerprint density at radius 1 is 1.62 bits per heavy atom. The van der Waals surface area contributed by atoms with Crippen LogP contribution < -0.4 is 5.32 Å². The molecule has 0 atom stereocenters. The van der Waals surface area contributed by atoms with Gasteiger partial charge in [-0.25, -0.2) is 4.98 Å². The van der Waals surface area contributed by atoms with Crippen molar-refractivity contribution in [2.75, 3.05) is 7.05 Å². The number of nitrogens with zero attached hydrogens (tertiary/aromatic N) is 1. The molecule has 1 N–H and O–H groups in total. The predicted molar refractivity (Wildman–Crippen MR) is 58.9 cm³/mol. The van der Waals surface area contributed by atoms with Crippen molar-refractivity contribution < 1.29 is 0 Å². The van der Waals surface area contributed by atoms with E-state index >= 15 is 0 Å². The molecule has 0 aromatic carbocycles. The van der Waals surface area contributed by atoms with E-state index in [9.17, 15) is 0 Å². The third kappa shape index (κ3) is 2.31. The monoisotopic (exact) mass is 196 g/mol. The molecule has 3 heteroatoms. The van der Waals surface area contributed by atoms with Crippen molar-refractivity contribution in [2.24, 2.45) is 0 Å². The minimum absolute atomic E-state index is 0.522. The van der Waals surface area contributed by atoms with Gasteiger partial charge < -0.3 is 5.32 Å². The summed E-state index contributed by atoms with van der Waals surface area (Å²) < 4.78 is 0. The summed E-state index contributed by atoms with van der Waals surface area (Å²) in [7, 11) is 1.93. The van der Waals surface area contributed by atoms with Gasteiger partial charge in [-0.3, -0.25) is 0 Å². The van der Waals surface area contributed by atoms with Crippen LogP contribution >= 0.6 is 11.3 Å². The molecular formula is C10H16N2S. The number of aromatic nitrogens is 1. The SMILES string of the molecule is C/C=C(\NC)c1cnc(C(C)C)s1. The fourth-order valence-electron chi connectivity index (χ4n) is 1.09. The van der Waals surface area contributed by atoms with Gasteiger partial charge in [0, 0.05) is 24.9 Å². The van der Waals surface area contributed by atoms with Crippen LogP contribution in [0.25, 0.3) is 5.70 Å². The van der Waals surface area contributed by atoms with E-state index in [-0.39, 0.29) is 0 Å². The van der Waals surface area contributed by atoms with E-state index in [4.69, 9.17) is 0 Å². The molecule has 2 nitrogen and oxygen atoms in total. The summed E-state index contributed by atoms with van der Waals surface area (Å²) in [6, 6.07) is 0. The summed E-state index contributed by atoms with van der Waals surface area (Å²) >= 11 is 1.76. The van der Waals surface area contributed by atoms with Crippen LogP contribution in [0.1, 0.15) is 36.6 Å². The summed E-state index contributed by atoms with van der Waals surface area (Å²) in [5, 5.41) is 4.35. The lowest BCUT2D eigenvalue weighted by molar-refractivity contribution is 0.852. The molecule has 0 aliphatic carbocycles. The first-order valence-corrected chi connectivity index (χ1v) is 5.30. The third-order valence-electron chi connectivity index (χ3n) is 1.84. The molecule has 13 heavy (non-hydrogen) atoms. The second kappa shape index (κ2) is 4.42. The Hall–Kier alpha value is -0.830. The summed E-state index contributed by atoms with van der Waals surface area (Å²) in [5.74, 6) is 0.522. The Morgan fingerprint density at radius 3 is 2.69 bits per heavy atom. The highest BCUT2D eigenvalue weighted by atomic mass is 32.1. The zero-order chi connectivity index (χ0) is 9.84. The standard InChI is InChI=1S/C10H16N2S/c1-5-8(11-4)9-6-12-10(13-9)7(2)3/h5-7,11H,1-4H3/b8-5-. The fourth-order valence-corrected chi connectivity index (χ4v) is 2.09. The first-order valence-electron chi connectivity index (χ1n) is 4.49. The van der Waals surface area contributed by atoms with E-state index in [1.54, 1.807) is 11.3 Å². The molecule has 0 saturated carbocycles. The van der Waals surface area contributed by atoms with E-state index in [0.717, 1.165) is 5.70 Å². The molecule has 1 heterocycles. The minimum Gasteiger partial charge on any atom is -0.387 e. The largest absolute Gasteiger partial charge is 0.387 e. The van der Waals surface area contributed by atoms with Gasteiger partial charge in [0.1, 0.15) is 0 Å². The normalized spacial score (nSPS) is 12.2. The van der Waals surface area contributed by atoms with Gasteiger partial charge in [0.25, 0.3) is 0 Å². The van der Waals surface area contributed by atoms with Crippen molar-refractivity contribution in [1.29, 1.82) is 0 Å². The van der Waals surface area contributed by atoms with Crippen LogP contribution in [0.2, 0.25) is 0 Å². The van der Waals surface area contributed by atoms with Gasteiger partial charge >= 0.3 is 0 Å². The number of rotatable bonds is 3. The van der Waals surface area contributed by atoms with E-state index in [2.05, 4.69) is 30.2 Å². The van der Waals surface area contributed by atoms with Crippen molar-refractivity contribution in [3.8, 4) is 0 Å². The van der Waals surface area contributed by atoms with Crippen molar-refractivity contribution in [2.45, 2.75) is 26.7 Å². The smallest absolute Gasteiger partial charge is 0.0957 e. The number of hydrogen-bond acceptors (Lipinski definition) is 3. The highest BCUT2D eigenvalue weighted by molar-refractivity contribution is 7.12. The average molecular weight is 196 g/mol. The number of thiazole rings is 1. The molecule has 0 saturated heterocycles. The van der Waals surface area contributed by atoms with Gasteiger partial charge in [0.15, 0.2) is 0 Å². The lowest BCUT2D eigenvalue weighted by Crippen LogP contribution is -2.01.